The van der Waals surface area contributed by atoms with Crippen molar-refractivity contribution >= 4 is 18.0 Å². The molecule has 0 aliphatic heterocycles. The van der Waals surface area contributed by atoms with E-state index in [0.717, 1.165) is 5.56 Å². The molecule has 1 unspecified atom stereocenters. The molecule has 0 aliphatic carbocycles. The van der Waals surface area contributed by atoms with Crippen molar-refractivity contribution in [2.75, 3.05) is 0 Å². The van der Waals surface area contributed by atoms with Crippen LogP contribution in [0.4, 0.5) is 4.79 Å². The van der Waals surface area contributed by atoms with Gasteiger partial charge in [0.15, 0.2) is 0 Å². The number of esters is 1. The first-order valence-corrected chi connectivity index (χ1v) is 5.91. The van der Waals surface area contributed by atoms with Gasteiger partial charge in [-0.3, -0.25) is 4.79 Å². The molecule has 0 spiro atoms. The molecular weight excluding hydrogens is 266 g/mol. The fourth-order valence-corrected chi connectivity index (χ4v) is 1.48. The highest BCUT2D eigenvalue weighted by molar-refractivity contribution is 5.80. The molecule has 1 aromatic rings. The molecule has 1 atom stereocenters. The minimum absolute atomic E-state index is 0.101. The molecule has 0 heterocycles. The Morgan fingerprint density at radius 1 is 1.15 bits per heavy atom. The van der Waals surface area contributed by atoms with Crippen LogP contribution in [0.2, 0.25) is 0 Å². The van der Waals surface area contributed by atoms with E-state index in [0.29, 0.717) is 0 Å². The number of rotatable bonds is 7. The number of nitrogens with one attached hydrogen (secondary N) is 1. The molecule has 1 aromatic carbocycles. The van der Waals surface area contributed by atoms with Gasteiger partial charge in [-0.2, -0.15) is 0 Å². The number of carboxylic acids is 1. The third kappa shape index (κ3) is 5.85. The predicted molar refractivity (Wildman–Crippen MR) is 68.1 cm³/mol. The number of carbonyl (C=O) groups excluding carboxylic acids is 1. The summed E-state index contributed by atoms with van der Waals surface area (Å²) in [6.45, 7) is 0.101. The molecule has 0 saturated heterocycles. The summed E-state index contributed by atoms with van der Waals surface area (Å²) in [4.78, 5) is 32.6. The molecule has 1 amide bonds. The van der Waals surface area contributed by atoms with Crippen molar-refractivity contribution in [3.8, 4) is 0 Å². The highest BCUT2D eigenvalue weighted by atomic mass is 16.5. The van der Waals surface area contributed by atoms with E-state index >= 15 is 0 Å². The molecule has 108 valence electrons. The van der Waals surface area contributed by atoms with E-state index in [2.05, 4.69) is 0 Å². The summed E-state index contributed by atoms with van der Waals surface area (Å²) in [5.74, 6) is -1.91. The Morgan fingerprint density at radius 2 is 1.80 bits per heavy atom. The van der Waals surface area contributed by atoms with Crippen LogP contribution in [0.1, 0.15) is 18.4 Å². The molecule has 7 nitrogen and oxygen atoms in total. The molecule has 0 aromatic heterocycles. The van der Waals surface area contributed by atoms with E-state index in [4.69, 9.17) is 14.9 Å². The molecule has 0 bridgehead atoms. The average molecular weight is 281 g/mol. The van der Waals surface area contributed by atoms with Crippen molar-refractivity contribution < 1.29 is 29.3 Å². The number of carboxylic acid groups (broad SMARTS) is 2. The summed E-state index contributed by atoms with van der Waals surface area (Å²) < 4.78 is 4.96. The number of amides is 1. The lowest BCUT2D eigenvalue weighted by Gasteiger charge is -2.11. The van der Waals surface area contributed by atoms with Crippen LogP contribution in [0.25, 0.3) is 0 Å². The first-order chi connectivity index (χ1) is 9.49. The normalized spacial score (nSPS) is 11.4. The fraction of sp³-hybridized carbons (Fsp3) is 0.308. The minimum Gasteiger partial charge on any atom is -0.480 e. The summed E-state index contributed by atoms with van der Waals surface area (Å²) in [7, 11) is 0. The average Bonchev–Trinajstić information content (AvgIpc) is 2.41. The Balaban J connectivity index is 2.34. The lowest BCUT2D eigenvalue weighted by molar-refractivity contribution is -0.145. The Hall–Kier alpha value is -2.57. The first kappa shape index (κ1) is 15.5. The van der Waals surface area contributed by atoms with Crippen LogP contribution in [0.15, 0.2) is 30.3 Å². The van der Waals surface area contributed by atoms with Crippen molar-refractivity contribution in [3.05, 3.63) is 35.9 Å². The van der Waals surface area contributed by atoms with Gasteiger partial charge in [-0.1, -0.05) is 30.3 Å². The third-order valence-corrected chi connectivity index (χ3v) is 2.48. The zero-order valence-corrected chi connectivity index (χ0v) is 10.6. The summed E-state index contributed by atoms with van der Waals surface area (Å²) in [6.07, 6.45) is -1.78. The van der Waals surface area contributed by atoms with Gasteiger partial charge in [0.2, 0.25) is 0 Å². The molecule has 0 radical (unpaired) electrons. The smallest absolute Gasteiger partial charge is 0.405 e. The van der Waals surface area contributed by atoms with Gasteiger partial charge >= 0.3 is 18.0 Å². The maximum absolute atomic E-state index is 11.4. The number of aliphatic carboxylic acids is 1. The molecule has 0 aliphatic rings. The van der Waals surface area contributed by atoms with Gasteiger partial charge in [0.05, 0.1) is 0 Å². The van der Waals surface area contributed by atoms with Crippen LogP contribution in [-0.2, 0) is 20.9 Å². The van der Waals surface area contributed by atoms with Gasteiger partial charge in [0.1, 0.15) is 12.6 Å². The topological polar surface area (TPSA) is 113 Å². The molecular formula is C13H15NO6. The van der Waals surface area contributed by atoms with E-state index in [1.165, 1.54) is 0 Å². The fourth-order valence-electron chi connectivity index (χ4n) is 1.48. The van der Waals surface area contributed by atoms with Crippen molar-refractivity contribution in [2.45, 2.75) is 25.5 Å². The Labute approximate surface area is 115 Å². The minimum atomic E-state index is -1.45. The van der Waals surface area contributed by atoms with E-state index < -0.39 is 24.1 Å². The van der Waals surface area contributed by atoms with Crippen molar-refractivity contribution in [1.29, 1.82) is 0 Å². The summed E-state index contributed by atoms with van der Waals surface area (Å²) in [5.41, 5.74) is 0.819. The number of hydrogen-bond acceptors (Lipinski definition) is 4. The highest BCUT2D eigenvalue weighted by Crippen LogP contribution is 2.04. The van der Waals surface area contributed by atoms with Crippen LogP contribution in [0.5, 0.6) is 0 Å². The maximum atomic E-state index is 11.4. The Bertz CT molecular complexity index is 473. The van der Waals surface area contributed by atoms with Crippen LogP contribution < -0.4 is 5.32 Å². The Kier molecular flexibility index (Phi) is 6.02. The number of hydrogen-bond donors (Lipinski definition) is 3. The van der Waals surface area contributed by atoms with Gasteiger partial charge in [0, 0.05) is 6.42 Å². The molecule has 7 heteroatoms. The van der Waals surface area contributed by atoms with Gasteiger partial charge < -0.3 is 20.3 Å². The van der Waals surface area contributed by atoms with Gasteiger partial charge in [-0.25, -0.2) is 9.59 Å². The second-order valence-electron chi connectivity index (χ2n) is 4.03. The number of ether oxygens (including phenoxy) is 1. The zero-order chi connectivity index (χ0) is 15.0. The predicted octanol–water partition coefficient (Wildman–Crippen LogP) is 1.23. The quantitative estimate of drug-likeness (QED) is 0.648. The number of benzene rings is 1. The summed E-state index contributed by atoms with van der Waals surface area (Å²) >= 11 is 0. The second-order valence-corrected chi connectivity index (χ2v) is 4.03. The Morgan fingerprint density at radius 3 is 2.35 bits per heavy atom. The van der Waals surface area contributed by atoms with Crippen molar-refractivity contribution in [2.24, 2.45) is 0 Å². The highest BCUT2D eigenvalue weighted by Gasteiger charge is 2.20. The molecule has 20 heavy (non-hydrogen) atoms. The van der Waals surface area contributed by atoms with Gasteiger partial charge in [-0.15, -0.1) is 0 Å². The number of carbonyl (C=O) groups is 3. The van der Waals surface area contributed by atoms with Gasteiger partial charge in [-0.05, 0) is 12.0 Å². The van der Waals surface area contributed by atoms with Gasteiger partial charge in [0.25, 0.3) is 0 Å². The van der Waals surface area contributed by atoms with E-state index in [1.54, 1.807) is 24.3 Å². The summed E-state index contributed by atoms with van der Waals surface area (Å²) in [6, 6.07) is 7.71. The SMILES string of the molecule is O=C(O)NC(CCC(=O)OCc1ccccc1)C(=O)O. The van der Waals surface area contributed by atoms with Crippen molar-refractivity contribution in [1.82, 2.24) is 5.32 Å². The second kappa shape index (κ2) is 7.78. The van der Waals surface area contributed by atoms with Crippen LogP contribution in [0, 0.1) is 0 Å². The third-order valence-electron chi connectivity index (χ3n) is 2.48. The largest absolute Gasteiger partial charge is 0.480 e. The zero-order valence-electron chi connectivity index (χ0n) is 10.6. The lowest BCUT2D eigenvalue weighted by atomic mass is 10.1. The molecule has 1 rings (SSSR count). The standard InChI is InChI=1S/C13H15NO6/c15-11(20-8-9-4-2-1-3-5-9)7-6-10(12(16)17)14-13(18)19/h1-5,10,14H,6-8H2,(H,16,17)(H,18,19). The van der Waals surface area contributed by atoms with Crippen LogP contribution in [0.3, 0.4) is 0 Å². The maximum Gasteiger partial charge on any atom is 0.405 e. The van der Waals surface area contributed by atoms with E-state index in [1.807, 2.05) is 11.4 Å². The monoisotopic (exact) mass is 281 g/mol. The lowest BCUT2D eigenvalue weighted by Crippen LogP contribution is -2.40. The first-order valence-electron chi connectivity index (χ1n) is 5.91. The van der Waals surface area contributed by atoms with Crippen LogP contribution >= 0.6 is 0 Å². The molecule has 0 fully saturated rings. The van der Waals surface area contributed by atoms with E-state index in [-0.39, 0.29) is 19.4 Å². The van der Waals surface area contributed by atoms with E-state index in [9.17, 15) is 14.4 Å². The van der Waals surface area contributed by atoms with Crippen molar-refractivity contribution in [3.63, 3.8) is 0 Å². The van der Waals surface area contributed by atoms with Crippen LogP contribution in [-0.4, -0.2) is 34.3 Å². The molecule has 3 N–H and O–H groups in total. The summed E-state index contributed by atoms with van der Waals surface area (Å²) in [5, 5.41) is 19.0. The molecule has 0 saturated carbocycles.